The molecule has 3 aliphatic rings. The molecule has 3 N–H and O–H groups in total. The Balaban J connectivity index is 0.000000134. The van der Waals surface area contributed by atoms with Crippen molar-refractivity contribution < 1.29 is 47.1 Å². The van der Waals surface area contributed by atoms with Crippen LogP contribution in [0.25, 0.3) is 55.0 Å². The van der Waals surface area contributed by atoms with Gasteiger partial charge in [-0.3, -0.25) is 42.8 Å². The Kier molecular flexibility index (Phi) is 21.9. The first-order valence-electron chi connectivity index (χ1n) is 34.1. The predicted octanol–water partition coefficient (Wildman–Crippen LogP) is 12.6. The van der Waals surface area contributed by atoms with Gasteiger partial charge >= 0.3 is 7.12 Å². The Morgan fingerprint density at radius 2 is 0.896 bits per heavy atom. The number of aromatic hydroxyl groups is 1. The summed E-state index contributed by atoms with van der Waals surface area (Å²) < 4.78 is 50.1. The number of nitrogens with zero attached hydrogens (tertiary/aromatic N) is 10. The topological polar surface area (TPSA) is 287 Å². The molecular weight excluding hydrogens is 1420 g/mol. The van der Waals surface area contributed by atoms with Crippen molar-refractivity contribution in [1.82, 2.24) is 59.2 Å². The molecule has 1 saturated heterocycles. The van der Waals surface area contributed by atoms with E-state index in [-0.39, 0.29) is 95.6 Å². The third kappa shape index (κ3) is 17.6. The summed E-state index contributed by atoms with van der Waals surface area (Å²) >= 11 is 3.29. The van der Waals surface area contributed by atoms with Gasteiger partial charge in [-0.15, -0.1) is 0 Å². The molecule has 0 bridgehead atoms. The number of benzene rings is 7. The third-order valence-corrected chi connectivity index (χ3v) is 19.7. The Morgan fingerprint density at radius 1 is 0.500 bits per heavy atom. The van der Waals surface area contributed by atoms with Gasteiger partial charge in [0.05, 0.1) is 79.8 Å². The second kappa shape index (κ2) is 31.4. The van der Waals surface area contributed by atoms with Crippen LogP contribution in [0.4, 0.5) is 8.78 Å². The lowest BCUT2D eigenvalue weighted by Crippen LogP contribution is -2.41. The number of hydrogen-bond donors (Lipinski definition) is 3. The minimum absolute atomic E-state index is 0.0738. The van der Waals surface area contributed by atoms with Crippen LogP contribution in [0.1, 0.15) is 75.6 Å². The first-order valence-corrected chi connectivity index (χ1v) is 34.9. The summed E-state index contributed by atoms with van der Waals surface area (Å²) in [5, 5.41) is 23.7. The number of carbonyl (C=O) groups is 4. The number of halogens is 3. The van der Waals surface area contributed by atoms with Crippen molar-refractivity contribution in [2.45, 2.75) is 90.3 Å². The number of phenolic OH excluding ortho intramolecular Hbond substituents is 1. The molecule has 0 unspecified atom stereocenters. The van der Waals surface area contributed by atoms with Gasteiger partial charge in [0.1, 0.15) is 29.5 Å². The average Bonchev–Trinajstić information content (AvgIpc) is 1.62. The number of ketones is 4. The Morgan fingerprint density at radius 3 is 1.32 bits per heavy atom. The molecule has 6 aromatic heterocycles. The molecule has 2 saturated carbocycles. The highest BCUT2D eigenvalue weighted by molar-refractivity contribution is 9.10. The number of phenols is 1. The maximum atomic E-state index is 13.2. The van der Waals surface area contributed by atoms with Crippen molar-refractivity contribution >= 4 is 84.4 Å². The van der Waals surface area contributed by atoms with E-state index in [4.69, 9.17) is 14.0 Å². The van der Waals surface area contributed by atoms with Crippen LogP contribution in [0, 0.1) is 22.5 Å². The lowest BCUT2D eigenvalue weighted by Gasteiger charge is -2.32. The Labute approximate surface area is 616 Å². The number of carbonyl (C=O) groups excluding carboxylic acids is 4. The summed E-state index contributed by atoms with van der Waals surface area (Å²) in [4.78, 5) is 95.9. The van der Waals surface area contributed by atoms with Crippen LogP contribution in [0.2, 0.25) is 0 Å². The first-order chi connectivity index (χ1) is 50.7. The van der Waals surface area contributed by atoms with E-state index in [9.17, 15) is 42.7 Å². The monoisotopic (exact) mass is 1490 g/mol. The molecule has 0 radical (unpaired) electrons. The quantitative estimate of drug-likeness (QED) is 0.0564. The summed E-state index contributed by atoms with van der Waals surface area (Å²) in [6, 6.07) is 42.2. The molecule has 538 valence electrons. The largest absolute Gasteiger partial charge is 0.508 e. The number of Topliss-reactive ketones (excluding diaryl/α,β-unsaturated/α-hetero) is 4. The van der Waals surface area contributed by atoms with Crippen molar-refractivity contribution in [3.8, 4) is 39.6 Å². The van der Waals surface area contributed by atoms with E-state index in [0.717, 1.165) is 59.8 Å². The number of aromatic nitrogens is 12. The van der Waals surface area contributed by atoms with Crippen molar-refractivity contribution in [2.75, 3.05) is 0 Å². The van der Waals surface area contributed by atoms with E-state index in [0.29, 0.717) is 64.7 Å². The molecule has 106 heavy (non-hydrogen) atoms. The lowest BCUT2D eigenvalue weighted by molar-refractivity contribution is -0.135. The molecule has 26 heteroatoms. The number of hydrogen-bond acceptors (Lipinski definition) is 17. The van der Waals surface area contributed by atoms with Crippen LogP contribution in [-0.2, 0) is 75.3 Å². The van der Waals surface area contributed by atoms with Crippen LogP contribution >= 0.6 is 15.9 Å². The number of fused-ring (bicyclic) bond motifs is 3. The fourth-order valence-corrected chi connectivity index (χ4v) is 12.3. The van der Waals surface area contributed by atoms with Crippen molar-refractivity contribution in [2.24, 2.45) is 32.0 Å². The molecule has 2 aliphatic carbocycles. The molecule has 0 atom stereocenters. The SMILES string of the molecule is Cn1cc(-c2ccc3nc[nH]c(=O)c3c2)cn1.Cn1cc(-c2ccc3ncnc(Oc4ccc(CC(=O)C5(C(=O)Cc6ccc(F)cc6)CC5)cc4)c3c2)cn1.Cn1cc(B2OC(C)(C)C(C)(C)O2)cn1.O=C(Cc1ccc(O)cc1)C1(C(=O)Cc2ccc(F)cc2)CC1.O=c1[nH]cnc2ccc(Br)cc12. The Bertz CT molecular complexity index is 5420. The average molecular weight is 1490 g/mol. The van der Waals surface area contributed by atoms with Crippen LogP contribution < -0.4 is 21.3 Å². The molecule has 1 aliphatic heterocycles. The summed E-state index contributed by atoms with van der Waals surface area (Å²) in [6.07, 6.45) is 18.3. The molecule has 0 spiro atoms. The summed E-state index contributed by atoms with van der Waals surface area (Å²) in [5.41, 5.74) is 7.47. The fraction of sp³-hybridized carbons (Fsp3) is 0.237. The Hall–Kier alpha value is -11.6. The molecule has 7 aromatic carbocycles. The van der Waals surface area contributed by atoms with E-state index in [1.807, 2.05) is 122 Å². The maximum Gasteiger partial charge on any atom is 0.498 e. The van der Waals surface area contributed by atoms with Gasteiger partial charge in [0.2, 0.25) is 5.88 Å². The second-order valence-electron chi connectivity index (χ2n) is 27.3. The van der Waals surface area contributed by atoms with Gasteiger partial charge in [-0.1, -0.05) is 76.6 Å². The molecular formula is C80H74BBrF2N12O10. The van der Waals surface area contributed by atoms with E-state index >= 15 is 0 Å². The zero-order valence-electron chi connectivity index (χ0n) is 59.1. The molecule has 16 rings (SSSR count). The zero-order valence-corrected chi connectivity index (χ0v) is 60.7. The van der Waals surface area contributed by atoms with Gasteiger partial charge < -0.3 is 29.1 Å². The molecule has 13 aromatic rings. The lowest BCUT2D eigenvalue weighted by atomic mass is 9.82. The summed E-state index contributed by atoms with van der Waals surface area (Å²) in [6.45, 7) is 8.18. The third-order valence-electron chi connectivity index (χ3n) is 19.2. The minimum Gasteiger partial charge on any atom is -0.508 e. The molecule has 22 nitrogen and oxygen atoms in total. The maximum absolute atomic E-state index is 13.2. The van der Waals surface area contributed by atoms with E-state index in [1.54, 1.807) is 93.3 Å². The highest BCUT2D eigenvalue weighted by Gasteiger charge is 2.56. The van der Waals surface area contributed by atoms with Crippen LogP contribution in [0.3, 0.4) is 0 Å². The molecule has 7 heterocycles. The number of nitrogens with one attached hydrogen (secondary N) is 2. The number of ether oxygens (including phenoxy) is 1. The second-order valence-corrected chi connectivity index (χ2v) is 28.3. The van der Waals surface area contributed by atoms with Crippen LogP contribution in [-0.4, -0.2) is 106 Å². The van der Waals surface area contributed by atoms with Gasteiger partial charge in [-0.05, 0) is 178 Å². The van der Waals surface area contributed by atoms with Gasteiger partial charge in [-0.25, -0.2) is 28.7 Å². The fourth-order valence-electron chi connectivity index (χ4n) is 12.0. The number of rotatable bonds is 17. The highest BCUT2D eigenvalue weighted by atomic mass is 79.9. The van der Waals surface area contributed by atoms with Crippen LogP contribution in [0.5, 0.6) is 17.4 Å². The smallest absolute Gasteiger partial charge is 0.498 e. The normalized spacial score (nSPS) is 14.6. The minimum atomic E-state index is -0.921. The van der Waals surface area contributed by atoms with E-state index < -0.39 is 10.8 Å². The van der Waals surface area contributed by atoms with Gasteiger partial charge in [0.15, 0.2) is 23.1 Å². The standard InChI is InChI=1S/C31H25FN4O3.C19H17FO3.C12H10N4O.C10H17BN2O2.C8H5BrN2O/c1-36-18-23(17-35-36)22-6-11-27-26(16-22)30(34-19-33-27)39-25-9-4-21(5-10-25)15-29(38)31(12-13-31)28(37)14-20-2-7-24(32)8-3-20;20-15-5-1-13(2-6-15)11-17(22)19(9-10-19)18(23)12-14-3-7-16(21)8-4-14;1-16-6-9(5-15-16)8-2-3-11-10(4-8)12(17)14-7-13-11;1-9(2)10(3,4)15-11(14-9)8-6-12-13(5)7-8;9-5-1-2-7-6(3-5)8(12)11-4-10-7/h2-11,16-19H,12-15H2,1H3;1-8,21H,9-12H2;2-7H,1H3,(H,13,14,17);6-7H,1-5H3;1-4H,(H,10,11,12). The number of aryl methyl sites for hydroxylation is 3. The van der Waals surface area contributed by atoms with E-state index in [1.165, 1.54) is 55.4 Å². The van der Waals surface area contributed by atoms with Crippen molar-refractivity contribution in [3.05, 3.63) is 267 Å². The van der Waals surface area contributed by atoms with Crippen molar-refractivity contribution in [3.63, 3.8) is 0 Å². The highest BCUT2D eigenvalue weighted by Crippen LogP contribution is 2.50. The zero-order chi connectivity index (χ0) is 75.1. The first kappa shape index (κ1) is 74.1. The number of H-pyrrole nitrogens is 2. The van der Waals surface area contributed by atoms with Gasteiger partial charge in [0.25, 0.3) is 11.1 Å². The number of aromatic amines is 2. The van der Waals surface area contributed by atoms with Crippen molar-refractivity contribution in [1.29, 1.82) is 0 Å². The van der Waals surface area contributed by atoms with Gasteiger partial charge in [0, 0.05) is 92.7 Å². The molecule has 3 fully saturated rings. The molecule has 0 amide bonds. The van der Waals surface area contributed by atoms with Crippen LogP contribution in [0.15, 0.2) is 222 Å². The summed E-state index contributed by atoms with van der Waals surface area (Å²) in [5.74, 6) is 0.125. The summed E-state index contributed by atoms with van der Waals surface area (Å²) in [7, 11) is 5.31. The van der Waals surface area contributed by atoms with Gasteiger partial charge in [-0.2, -0.15) is 15.3 Å². The predicted molar refractivity (Wildman–Crippen MR) is 401 cm³/mol. The van der Waals surface area contributed by atoms with E-state index in [2.05, 4.69) is 61.1 Å².